The Bertz CT molecular complexity index is 1570. The zero-order chi connectivity index (χ0) is 27.8. The second kappa shape index (κ2) is 9.15. The van der Waals surface area contributed by atoms with Crippen LogP contribution in [0.3, 0.4) is 0 Å². The summed E-state index contributed by atoms with van der Waals surface area (Å²) < 4.78 is 33.5. The zero-order valence-corrected chi connectivity index (χ0v) is 22.6. The molecule has 1 aliphatic carbocycles. The van der Waals surface area contributed by atoms with E-state index in [0.29, 0.717) is 49.9 Å². The average Bonchev–Trinajstić information content (AvgIpc) is 3.33. The molecular weight excluding hydrogens is 528 g/mol. The van der Waals surface area contributed by atoms with Crippen LogP contribution in [0.4, 0.5) is 26.1 Å². The number of carbonyl (C=O) groups is 1. The molecule has 0 aromatic carbocycles. The van der Waals surface area contributed by atoms with E-state index >= 15 is 0 Å². The number of rotatable bonds is 6. The van der Waals surface area contributed by atoms with Crippen molar-refractivity contribution in [1.29, 1.82) is 0 Å². The third kappa shape index (κ3) is 4.25. The van der Waals surface area contributed by atoms with Crippen molar-refractivity contribution in [3.8, 4) is 11.3 Å². The van der Waals surface area contributed by atoms with Crippen LogP contribution in [-0.4, -0.2) is 64.5 Å². The lowest BCUT2D eigenvalue weighted by Gasteiger charge is -2.21. The van der Waals surface area contributed by atoms with Gasteiger partial charge in [-0.3, -0.25) is 14.7 Å². The molecule has 0 radical (unpaired) electrons. The summed E-state index contributed by atoms with van der Waals surface area (Å²) in [4.78, 5) is 29.2. The summed E-state index contributed by atoms with van der Waals surface area (Å²) in [5, 5.41) is 9.76. The number of hydrogen-bond donors (Lipinski definition) is 3. The lowest BCUT2D eigenvalue weighted by atomic mass is 9.91. The Kier molecular flexibility index (Phi) is 5.59. The smallest absolute Gasteiger partial charge is 0.261 e. The first-order valence-corrected chi connectivity index (χ1v) is 14.4. The van der Waals surface area contributed by atoms with Gasteiger partial charge in [0.2, 0.25) is 0 Å². The number of amides is 1. The molecule has 9 nitrogen and oxygen atoms in total. The first kappa shape index (κ1) is 25.0. The number of nitrogens with zero attached hydrogens (tertiary/aromatic N) is 4. The molecule has 1 spiro atoms. The highest BCUT2D eigenvalue weighted by Gasteiger charge is 2.51. The number of nitrogens with one attached hydrogen (secondary N) is 3. The fourth-order valence-corrected chi connectivity index (χ4v) is 6.97. The summed E-state index contributed by atoms with van der Waals surface area (Å²) in [6, 6.07) is 5.91. The highest BCUT2D eigenvalue weighted by atomic mass is 19.3. The number of halogens is 2. The second-order valence-corrected chi connectivity index (χ2v) is 12.0. The minimum Gasteiger partial charge on any atom is -0.381 e. The normalized spacial score (nSPS) is 23.4. The van der Waals surface area contributed by atoms with Crippen LogP contribution >= 0.6 is 0 Å². The van der Waals surface area contributed by atoms with Crippen molar-refractivity contribution in [3.63, 3.8) is 0 Å². The van der Waals surface area contributed by atoms with Crippen molar-refractivity contribution in [1.82, 2.24) is 25.2 Å². The molecule has 1 saturated carbocycles. The highest BCUT2D eigenvalue weighted by Crippen LogP contribution is 2.56. The highest BCUT2D eigenvalue weighted by molar-refractivity contribution is 6.05. The van der Waals surface area contributed by atoms with Gasteiger partial charge in [0.05, 0.1) is 42.0 Å². The number of anilines is 3. The van der Waals surface area contributed by atoms with Crippen LogP contribution < -0.4 is 16.0 Å². The van der Waals surface area contributed by atoms with E-state index in [0.717, 1.165) is 59.7 Å². The van der Waals surface area contributed by atoms with Crippen LogP contribution in [0.5, 0.6) is 0 Å². The van der Waals surface area contributed by atoms with E-state index in [4.69, 9.17) is 14.7 Å². The molecule has 0 bridgehead atoms. The maximum atomic E-state index is 14.0. The summed E-state index contributed by atoms with van der Waals surface area (Å²) in [5.74, 6) is -1.17. The van der Waals surface area contributed by atoms with E-state index in [1.165, 1.54) is 5.56 Å². The molecule has 7 heterocycles. The molecule has 212 valence electrons. The number of alkyl halides is 2. The molecule has 8 rings (SSSR count). The number of fused-ring (bicyclic) bond motifs is 3. The summed E-state index contributed by atoms with van der Waals surface area (Å²) in [6.45, 7) is 2.98. The number of aromatic nitrogens is 3. The zero-order valence-electron chi connectivity index (χ0n) is 22.6. The standard InChI is InChI=1S/C30H31F2N7O2/c31-30(32)7-9-39(16-30)13-22-18(17-4-10-41-14-17)1-2-23(38-22)37-21-12-34-26(20-11-35-28(40)24(20)21)19-3-8-33-27-25(19)29(5-6-29)15-36-27/h1-3,8,12,17H,4-7,9-11,13-16H2,(H,33,36)(H,35,40)(H,37,38). The van der Waals surface area contributed by atoms with Crippen LogP contribution in [0.15, 0.2) is 30.6 Å². The first-order valence-electron chi connectivity index (χ1n) is 14.4. The van der Waals surface area contributed by atoms with Crippen molar-refractivity contribution < 1.29 is 18.3 Å². The topological polar surface area (TPSA) is 104 Å². The minimum absolute atomic E-state index is 0.117. The molecule has 11 heteroatoms. The van der Waals surface area contributed by atoms with Crippen LogP contribution in [0.1, 0.15) is 64.3 Å². The van der Waals surface area contributed by atoms with Gasteiger partial charge >= 0.3 is 0 Å². The van der Waals surface area contributed by atoms with Crippen molar-refractivity contribution in [2.24, 2.45) is 0 Å². The van der Waals surface area contributed by atoms with Crippen molar-refractivity contribution in [3.05, 3.63) is 58.5 Å². The van der Waals surface area contributed by atoms with Gasteiger partial charge in [0.15, 0.2) is 0 Å². The van der Waals surface area contributed by atoms with E-state index in [-0.39, 0.29) is 30.2 Å². The number of pyridine rings is 3. The van der Waals surface area contributed by atoms with Gasteiger partial charge in [-0.05, 0) is 37.0 Å². The fraction of sp³-hybridized carbons (Fsp3) is 0.467. The molecule has 1 unspecified atom stereocenters. The molecule has 41 heavy (non-hydrogen) atoms. The average molecular weight is 560 g/mol. The third-order valence-corrected chi connectivity index (χ3v) is 9.28. The number of likely N-dealkylation sites (tertiary alicyclic amines) is 1. The predicted molar refractivity (Wildman–Crippen MR) is 149 cm³/mol. The minimum atomic E-state index is -2.67. The van der Waals surface area contributed by atoms with Crippen molar-refractivity contribution in [2.45, 2.75) is 56.0 Å². The lowest BCUT2D eigenvalue weighted by molar-refractivity contribution is 0.0113. The van der Waals surface area contributed by atoms with Gasteiger partial charge in [0.1, 0.15) is 11.6 Å². The predicted octanol–water partition coefficient (Wildman–Crippen LogP) is 4.33. The molecule has 3 N–H and O–H groups in total. The summed E-state index contributed by atoms with van der Waals surface area (Å²) in [6.07, 6.45) is 6.49. The van der Waals surface area contributed by atoms with Gasteiger partial charge in [0, 0.05) is 73.4 Å². The molecule has 2 saturated heterocycles. The summed E-state index contributed by atoms with van der Waals surface area (Å²) in [7, 11) is 0. The summed E-state index contributed by atoms with van der Waals surface area (Å²) in [5.41, 5.74) is 6.96. The van der Waals surface area contributed by atoms with Crippen LogP contribution in [0, 0.1) is 0 Å². The maximum Gasteiger partial charge on any atom is 0.261 e. The van der Waals surface area contributed by atoms with Gasteiger partial charge in [-0.25, -0.2) is 18.7 Å². The Morgan fingerprint density at radius 2 is 2.05 bits per heavy atom. The Balaban J connectivity index is 1.14. The third-order valence-electron chi connectivity index (χ3n) is 9.28. The quantitative estimate of drug-likeness (QED) is 0.410. The van der Waals surface area contributed by atoms with E-state index in [9.17, 15) is 13.6 Å². The number of ether oxygens (including phenoxy) is 1. The SMILES string of the molecule is O=C1NCc2c(-c3ccnc4c3C3(CC3)CN4)ncc(Nc3ccc(C4CCOC4)c(CN4CCC(F)(F)C4)n3)c21. The van der Waals surface area contributed by atoms with Gasteiger partial charge in [-0.1, -0.05) is 6.07 Å². The molecule has 3 fully saturated rings. The second-order valence-electron chi connectivity index (χ2n) is 12.0. The van der Waals surface area contributed by atoms with Crippen LogP contribution in [0.2, 0.25) is 0 Å². The molecular formula is C30H31F2N7O2. The Morgan fingerprint density at radius 1 is 1.15 bits per heavy atom. The van der Waals surface area contributed by atoms with Gasteiger partial charge in [0.25, 0.3) is 11.8 Å². The van der Waals surface area contributed by atoms with Crippen LogP contribution in [-0.2, 0) is 23.2 Å². The molecule has 3 aromatic rings. The van der Waals surface area contributed by atoms with Crippen molar-refractivity contribution >= 4 is 23.2 Å². The first-order chi connectivity index (χ1) is 19.9. The Morgan fingerprint density at radius 3 is 2.83 bits per heavy atom. The maximum absolute atomic E-state index is 14.0. The molecule has 5 aliphatic rings. The number of carbonyl (C=O) groups excluding carboxylic acids is 1. The molecule has 1 atom stereocenters. The number of hydrogen-bond acceptors (Lipinski definition) is 8. The molecule has 3 aromatic heterocycles. The Labute approximate surface area is 236 Å². The molecule has 4 aliphatic heterocycles. The largest absolute Gasteiger partial charge is 0.381 e. The molecule has 1 amide bonds. The van der Waals surface area contributed by atoms with E-state index in [1.807, 2.05) is 18.2 Å². The summed E-state index contributed by atoms with van der Waals surface area (Å²) >= 11 is 0. The van der Waals surface area contributed by atoms with Gasteiger partial charge in [-0.2, -0.15) is 0 Å². The van der Waals surface area contributed by atoms with E-state index < -0.39 is 5.92 Å². The monoisotopic (exact) mass is 559 g/mol. The van der Waals surface area contributed by atoms with Gasteiger partial charge < -0.3 is 20.7 Å². The van der Waals surface area contributed by atoms with Crippen LogP contribution in [0.25, 0.3) is 11.3 Å². The Hall–Kier alpha value is -3.70. The van der Waals surface area contributed by atoms with Crippen molar-refractivity contribution in [2.75, 3.05) is 43.5 Å². The van der Waals surface area contributed by atoms with E-state index in [2.05, 4.69) is 20.9 Å². The van der Waals surface area contributed by atoms with E-state index in [1.54, 1.807) is 17.3 Å². The fourth-order valence-electron chi connectivity index (χ4n) is 6.97. The van der Waals surface area contributed by atoms with Gasteiger partial charge in [-0.15, -0.1) is 0 Å². The lowest BCUT2D eigenvalue weighted by Crippen LogP contribution is -2.26.